The fourth-order valence-electron chi connectivity index (χ4n) is 4.75. The summed E-state index contributed by atoms with van der Waals surface area (Å²) in [6.07, 6.45) is 1.93. The summed E-state index contributed by atoms with van der Waals surface area (Å²) in [5, 5.41) is 12.4. The minimum Gasteiger partial charge on any atom is -0.497 e. The van der Waals surface area contributed by atoms with Crippen molar-refractivity contribution in [3.05, 3.63) is 94.8 Å². The van der Waals surface area contributed by atoms with Gasteiger partial charge >= 0.3 is 0 Å². The zero-order chi connectivity index (χ0) is 27.4. The van der Waals surface area contributed by atoms with Crippen molar-refractivity contribution < 1.29 is 14.3 Å². The molecule has 0 spiro atoms. The smallest absolute Gasteiger partial charge is 0.251 e. The molecule has 39 heavy (non-hydrogen) atoms. The fourth-order valence-corrected chi connectivity index (χ4v) is 5.59. The van der Waals surface area contributed by atoms with E-state index in [1.807, 2.05) is 46.7 Å². The van der Waals surface area contributed by atoms with Crippen LogP contribution >= 0.6 is 11.8 Å². The molecule has 1 aromatic heterocycles. The van der Waals surface area contributed by atoms with Gasteiger partial charge in [-0.1, -0.05) is 48.2 Å². The van der Waals surface area contributed by atoms with Gasteiger partial charge in [-0.3, -0.25) is 14.2 Å². The number of aromatic nitrogens is 3. The van der Waals surface area contributed by atoms with Crippen LogP contribution in [0.15, 0.2) is 71.9 Å². The Labute approximate surface area is 232 Å². The summed E-state index contributed by atoms with van der Waals surface area (Å²) in [6, 6.07) is 21.1. The highest BCUT2D eigenvalue weighted by Gasteiger charge is 2.24. The molecule has 3 aromatic carbocycles. The molecule has 0 saturated carbocycles. The third-order valence-electron chi connectivity index (χ3n) is 6.99. The quantitative estimate of drug-likeness (QED) is 0.320. The van der Waals surface area contributed by atoms with E-state index >= 15 is 0 Å². The van der Waals surface area contributed by atoms with E-state index in [0.29, 0.717) is 28.8 Å². The Bertz CT molecular complexity index is 1520. The Kier molecular flexibility index (Phi) is 7.97. The zero-order valence-electron chi connectivity index (χ0n) is 22.3. The minimum absolute atomic E-state index is 0.0375. The SMILES string of the molecule is COc1cccc(C(=O)NCc2nnc(SCC(=O)N3CCCc4ccccc43)n2-c2cccc(C)c2C)c1. The molecule has 8 nitrogen and oxygen atoms in total. The van der Waals surface area contributed by atoms with Gasteiger partial charge in [0.2, 0.25) is 5.91 Å². The van der Waals surface area contributed by atoms with Crippen molar-refractivity contribution in [3.8, 4) is 11.4 Å². The number of nitrogens with one attached hydrogen (secondary N) is 1. The van der Waals surface area contributed by atoms with Crippen molar-refractivity contribution in [1.29, 1.82) is 0 Å². The Balaban J connectivity index is 1.38. The van der Waals surface area contributed by atoms with Gasteiger partial charge < -0.3 is 15.0 Å². The number of hydrogen-bond acceptors (Lipinski definition) is 6. The van der Waals surface area contributed by atoms with E-state index in [1.54, 1.807) is 31.4 Å². The number of carbonyl (C=O) groups excluding carboxylic acids is 2. The summed E-state index contributed by atoms with van der Waals surface area (Å²) in [6.45, 7) is 4.98. The molecule has 0 fully saturated rings. The molecule has 0 bridgehead atoms. The molecule has 4 aromatic rings. The number of aryl methyl sites for hydroxylation is 2. The number of para-hydroxylation sites is 1. The molecule has 0 aliphatic carbocycles. The predicted octanol–water partition coefficient (Wildman–Crippen LogP) is 4.89. The Hall–Kier alpha value is -4.11. The molecule has 1 aliphatic rings. The number of hydrogen-bond donors (Lipinski definition) is 1. The number of anilines is 1. The van der Waals surface area contributed by atoms with Crippen LogP contribution in [-0.2, 0) is 17.8 Å². The molecule has 0 atom stereocenters. The summed E-state index contributed by atoms with van der Waals surface area (Å²) in [5.74, 6) is 1.22. The molecular weight excluding hydrogens is 510 g/mol. The third-order valence-corrected chi connectivity index (χ3v) is 7.91. The lowest BCUT2D eigenvalue weighted by Crippen LogP contribution is -2.36. The van der Waals surface area contributed by atoms with Crippen molar-refractivity contribution in [1.82, 2.24) is 20.1 Å². The van der Waals surface area contributed by atoms with Crippen LogP contribution in [0.3, 0.4) is 0 Å². The first-order valence-electron chi connectivity index (χ1n) is 12.9. The number of amides is 2. The number of fused-ring (bicyclic) bond motifs is 1. The molecule has 0 unspecified atom stereocenters. The van der Waals surface area contributed by atoms with Gasteiger partial charge in [-0.15, -0.1) is 10.2 Å². The van der Waals surface area contributed by atoms with Gasteiger partial charge in [-0.25, -0.2) is 0 Å². The van der Waals surface area contributed by atoms with E-state index in [0.717, 1.165) is 35.3 Å². The first-order valence-corrected chi connectivity index (χ1v) is 13.9. The maximum atomic E-state index is 13.3. The van der Waals surface area contributed by atoms with Crippen molar-refractivity contribution in [2.24, 2.45) is 0 Å². The third kappa shape index (κ3) is 5.68. The second-order valence-corrected chi connectivity index (χ2v) is 10.4. The topological polar surface area (TPSA) is 89.3 Å². The average Bonchev–Trinajstić information content (AvgIpc) is 3.38. The van der Waals surface area contributed by atoms with Crippen molar-refractivity contribution in [3.63, 3.8) is 0 Å². The first-order chi connectivity index (χ1) is 19.0. The number of ether oxygens (including phenoxy) is 1. The van der Waals surface area contributed by atoms with E-state index < -0.39 is 0 Å². The van der Waals surface area contributed by atoms with E-state index in [1.165, 1.54) is 17.3 Å². The fraction of sp³-hybridized carbons (Fsp3) is 0.267. The second kappa shape index (κ2) is 11.7. The predicted molar refractivity (Wildman–Crippen MR) is 153 cm³/mol. The normalized spacial score (nSPS) is 12.6. The standard InChI is InChI=1S/C30H31N5O3S/c1-20-9-6-15-25(21(20)2)35-27(18-31-29(37)23-11-7-13-24(17-23)38-3)32-33-30(35)39-19-28(36)34-16-8-12-22-10-4-5-14-26(22)34/h4-7,9-11,13-15,17H,8,12,16,18-19H2,1-3H3,(H,31,37). The first kappa shape index (κ1) is 26.5. The van der Waals surface area contributed by atoms with Crippen molar-refractivity contribution in [2.75, 3.05) is 24.3 Å². The molecule has 200 valence electrons. The van der Waals surface area contributed by atoms with E-state index in [9.17, 15) is 9.59 Å². The van der Waals surface area contributed by atoms with Crippen LogP contribution in [0.1, 0.15) is 39.3 Å². The lowest BCUT2D eigenvalue weighted by Gasteiger charge is -2.29. The van der Waals surface area contributed by atoms with Crippen LogP contribution in [-0.4, -0.2) is 46.0 Å². The van der Waals surface area contributed by atoms with Gasteiger partial charge in [-0.2, -0.15) is 0 Å². The van der Waals surface area contributed by atoms with Gasteiger partial charge in [0.25, 0.3) is 5.91 Å². The Morgan fingerprint density at radius 1 is 1.00 bits per heavy atom. The molecule has 0 radical (unpaired) electrons. The number of nitrogens with zero attached hydrogens (tertiary/aromatic N) is 4. The highest BCUT2D eigenvalue weighted by atomic mass is 32.2. The second-order valence-electron chi connectivity index (χ2n) is 9.43. The molecule has 0 saturated heterocycles. The summed E-state index contributed by atoms with van der Waals surface area (Å²) in [7, 11) is 1.57. The summed E-state index contributed by atoms with van der Waals surface area (Å²) < 4.78 is 7.18. The van der Waals surface area contributed by atoms with Crippen molar-refractivity contribution in [2.45, 2.75) is 38.4 Å². The van der Waals surface area contributed by atoms with E-state index in [4.69, 9.17) is 4.74 Å². The molecule has 2 amide bonds. The van der Waals surface area contributed by atoms with Crippen LogP contribution in [0, 0.1) is 13.8 Å². The highest BCUT2D eigenvalue weighted by molar-refractivity contribution is 7.99. The number of rotatable bonds is 8. The lowest BCUT2D eigenvalue weighted by atomic mass is 10.0. The highest BCUT2D eigenvalue weighted by Crippen LogP contribution is 2.30. The molecule has 2 heterocycles. The molecule has 1 N–H and O–H groups in total. The molecular formula is C30H31N5O3S. The van der Waals surface area contributed by atoms with Crippen LogP contribution < -0.4 is 15.0 Å². The van der Waals surface area contributed by atoms with Gasteiger partial charge in [-0.05, 0) is 73.7 Å². The molecule has 5 rings (SSSR count). The number of thioether (sulfide) groups is 1. The largest absolute Gasteiger partial charge is 0.497 e. The number of methoxy groups -OCH3 is 1. The molecule has 9 heteroatoms. The van der Waals surface area contributed by atoms with Crippen LogP contribution in [0.4, 0.5) is 5.69 Å². The average molecular weight is 542 g/mol. The summed E-state index contributed by atoms with van der Waals surface area (Å²) in [5.41, 5.74) is 5.82. The van der Waals surface area contributed by atoms with Gasteiger partial charge in [0.05, 0.1) is 25.1 Å². The monoisotopic (exact) mass is 541 g/mol. The lowest BCUT2D eigenvalue weighted by molar-refractivity contribution is -0.116. The van der Waals surface area contributed by atoms with Gasteiger partial charge in [0, 0.05) is 17.8 Å². The maximum absolute atomic E-state index is 13.3. The van der Waals surface area contributed by atoms with Crippen LogP contribution in [0.2, 0.25) is 0 Å². The van der Waals surface area contributed by atoms with Gasteiger partial charge in [0.15, 0.2) is 11.0 Å². The number of carbonyl (C=O) groups is 2. The maximum Gasteiger partial charge on any atom is 0.251 e. The van der Waals surface area contributed by atoms with E-state index in [2.05, 4.69) is 34.6 Å². The van der Waals surface area contributed by atoms with Crippen molar-refractivity contribution >= 4 is 29.3 Å². The van der Waals surface area contributed by atoms with E-state index in [-0.39, 0.29) is 24.1 Å². The molecule has 1 aliphatic heterocycles. The van der Waals surface area contributed by atoms with Gasteiger partial charge in [0.1, 0.15) is 5.75 Å². The Morgan fingerprint density at radius 2 is 1.79 bits per heavy atom. The number of benzene rings is 3. The Morgan fingerprint density at radius 3 is 2.64 bits per heavy atom. The summed E-state index contributed by atoms with van der Waals surface area (Å²) >= 11 is 1.36. The zero-order valence-corrected chi connectivity index (χ0v) is 23.1. The summed E-state index contributed by atoms with van der Waals surface area (Å²) in [4.78, 5) is 28.1. The van der Waals surface area contributed by atoms with Crippen LogP contribution in [0.25, 0.3) is 5.69 Å². The minimum atomic E-state index is -0.238. The van der Waals surface area contributed by atoms with Crippen LogP contribution in [0.5, 0.6) is 5.75 Å².